The van der Waals surface area contributed by atoms with Crippen molar-refractivity contribution >= 4 is 0 Å². The summed E-state index contributed by atoms with van der Waals surface area (Å²) >= 11 is 0. The van der Waals surface area contributed by atoms with Crippen LogP contribution in [0, 0.1) is 0 Å². The summed E-state index contributed by atoms with van der Waals surface area (Å²) in [7, 11) is 0. The molecule has 18 heavy (non-hydrogen) atoms. The van der Waals surface area contributed by atoms with Crippen LogP contribution in [0.4, 0.5) is 0 Å². The van der Waals surface area contributed by atoms with E-state index >= 15 is 0 Å². The van der Waals surface area contributed by atoms with E-state index in [0.717, 1.165) is 18.0 Å². The molecule has 100 valence electrons. The number of hydrogen-bond acceptors (Lipinski definition) is 1. The summed E-state index contributed by atoms with van der Waals surface area (Å²) in [6.45, 7) is 4.58. The first-order valence-corrected chi connectivity index (χ1v) is 7.64. The molecule has 1 saturated carbocycles. The van der Waals surface area contributed by atoms with Crippen LogP contribution >= 0.6 is 0 Å². The predicted molar refractivity (Wildman–Crippen MR) is 78.9 cm³/mol. The second-order valence-electron chi connectivity index (χ2n) is 5.64. The van der Waals surface area contributed by atoms with Crippen LogP contribution in [-0.2, 0) is 0 Å². The van der Waals surface area contributed by atoms with Crippen LogP contribution in [0.3, 0.4) is 0 Å². The molecule has 1 aromatic carbocycles. The lowest BCUT2D eigenvalue weighted by Crippen LogP contribution is -2.39. The zero-order valence-corrected chi connectivity index (χ0v) is 11.9. The highest BCUT2D eigenvalue weighted by Crippen LogP contribution is 2.32. The van der Waals surface area contributed by atoms with Gasteiger partial charge in [-0.3, -0.25) is 0 Å². The van der Waals surface area contributed by atoms with Crippen molar-refractivity contribution in [1.29, 1.82) is 0 Å². The highest BCUT2D eigenvalue weighted by Gasteiger charge is 2.23. The second-order valence-corrected chi connectivity index (χ2v) is 5.64. The van der Waals surface area contributed by atoms with Gasteiger partial charge in [-0.05, 0) is 50.0 Å². The third kappa shape index (κ3) is 3.58. The monoisotopic (exact) mass is 245 g/mol. The van der Waals surface area contributed by atoms with E-state index in [4.69, 9.17) is 0 Å². The van der Waals surface area contributed by atoms with Crippen LogP contribution in [0.15, 0.2) is 30.3 Å². The average Bonchev–Trinajstić information content (AvgIpc) is 2.46. The summed E-state index contributed by atoms with van der Waals surface area (Å²) in [4.78, 5) is 0. The first-order chi connectivity index (χ1) is 8.83. The first kappa shape index (κ1) is 13.6. The number of hydrogen-bond donors (Lipinski definition) is 1. The Kier molecular flexibility index (Phi) is 5.25. The van der Waals surface area contributed by atoms with Crippen molar-refractivity contribution in [3.8, 4) is 0 Å². The van der Waals surface area contributed by atoms with E-state index in [2.05, 4.69) is 49.5 Å². The van der Waals surface area contributed by atoms with Crippen molar-refractivity contribution in [2.24, 2.45) is 0 Å². The largest absolute Gasteiger partial charge is 0.311 e. The Balaban J connectivity index is 1.81. The van der Waals surface area contributed by atoms with Gasteiger partial charge in [0.05, 0.1) is 0 Å². The molecule has 1 nitrogen and oxygen atoms in total. The molecule has 1 N–H and O–H groups in total. The van der Waals surface area contributed by atoms with E-state index in [1.54, 1.807) is 5.56 Å². The molecule has 0 atom stereocenters. The predicted octanol–water partition coefficient (Wildman–Crippen LogP) is 4.49. The van der Waals surface area contributed by atoms with E-state index in [9.17, 15) is 0 Å². The maximum Gasteiger partial charge on any atom is 0.00700 e. The Morgan fingerprint density at radius 3 is 2.17 bits per heavy atom. The molecule has 1 aromatic rings. The zero-order chi connectivity index (χ0) is 12.8. The maximum absolute atomic E-state index is 3.83. The molecule has 0 saturated heterocycles. The van der Waals surface area contributed by atoms with Crippen LogP contribution < -0.4 is 5.32 Å². The van der Waals surface area contributed by atoms with Gasteiger partial charge in [0.15, 0.2) is 0 Å². The van der Waals surface area contributed by atoms with E-state index < -0.39 is 0 Å². The minimum absolute atomic E-state index is 0.725. The van der Waals surface area contributed by atoms with Gasteiger partial charge in [-0.15, -0.1) is 0 Å². The Morgan fingerprint density at radius 2 is 1.61 bits per heavy atom. The lowest BCUT2D eigenvalue weighted by atomic mass is 9.81. The number of nitrogens with one attached hydrogen (secondary N) is 1. The van der Waals surface area contributed by atoms with E-state index in [1.165, 1.54) is 38.5 Å². The van der Waals surface area contributed by atoms with Crippen molar-refractivity contribution in [2.45, 2.75) is 70.4 Å². The molecule has 0 unspecified atom stereocenters. The molecular weight excluding hydrogens is 218 g/mol. The molecule has 0 aliphatic heterocycles. The second kappa shape index (κ2) is 6.94. The standard InChI is InChI=1S/C17H27N/c1-3-16(4-2)18-17-12-10-15(11-13-17)14-8-6-5-7-9-14/h5-9,15-18H,3-4,10-13H2,1-2H3. The van der Waals surface area contributed by atoms with Gasteiger partial charge in [0, 0.05) is 12.1 Å². The molecule has 0 spiro atoms. The molecule has 0 radical (unpaired) electrons. The van der Waals surface area contributed by atoms with Crippen molar-refractivity contribution in [1.82, 2.24) is 5.32 Å². The number of benzene rings is 1. The first-order valence-electron chi connectivity index (χ1n) is 7.64. The van der Waals surface area contributed by atoms with Gasteiger partial charge in [0.25, 0.3) is 0 Å². The minimum atomic E-state index is 0.725. The normalized spacial score (nSPS) is 24.4. The molecule has 1 aliphatic rings. The van der Waals surface area contributed by atoms with Crippen LogP contribution in [0.1, 0.15) is 63.9 Å². The van der Waals surface area contributed by atoms with Crippen molar-refractivity contribution in [3.05, 3.63) is 35.9 Å². The van der Waals surface area contributed by atoms with Crippen molar-refractivity contribution < 1.29 is 0 Å². The fraction of sp³-hybridized carbons (Fsp3) is 0.647. The van der Waals surface area contributed by atoms with E-state index in [1.807, 2.05) is 0 Å². The van der Waals surface area contributed by atoms with Gasteiger partial charge < -0.3 is 5.32 Å². The quantitative estimate of drug-likeness (QED) is 0.806. The Labute approximate surface area is 112 Å². The Hall–Kier alpha value is -0.820. The van der Waals surface area contributed by atoms with Crippen LogP contribution in [0.5, 0.6) is 0 Å². The van der Waals surface area contributed by atoms with Crippen LogP contribution in [0.25, 0.3) is 0 Å². The molecule has 0 bridgehead atoms. The summed E-state index contributed by atoms with van der Waals surface area (Å²) in [5.74, 6) is 0.797. The summed E-state index contributed by atoms with van der Waals surface area (Å²) < 4.78 is 0. The third-order valence-electron chi connectivity index (χ3n) is 4.46. The van der Waals surface area contributed by atoms with Crippen molar-refractivity contribution in [3.63, 3.8) is 0 Å². The fourth-order valence-corrected chi connectivity index (χ4v) is 3.18. The van der Waals surface area contributed by atoms with Gasteiger partial charge in [0.2, 0.25) is 0 Å². The molecule has 2 rings (SSSR count). The van der Waals surface area contributed by atoms with E-state index in [-0.39, 0.29) is 0 Å². The summed E-state index contributed by atoms with van der Waals surface area (Å²) in [6, 6.07) is 12.5. The SMILES string of the molecule is CCC(CC)NC1CCC(c2ccccc2)CC1. The van der Waals surface area contributed by atoms with Gasteiger partial charge in [0.1, 0.15) is 0 Å². The lowest BCUT2D eigenvalue weighted by molar-refractivity contribution is 0.306. The highest BCUT2D eigenvalue weighted by molar-refractivity contribution is 5.20. The maximum atomic E-state index is 3.83. The van der Waals surface area contributed by atoms with E-state index in [0.29, 0.717) is 0 Å². The molecular formula is C17H27N. The Morgan fingerprint density at radius 1 is 1.00 bits per heavy atom. The highest BCUT2D eigenvalue weighted by atomic mass is 14.9. The zero-order valence-electron chi connectivity index (χ0n) is 11.9. The molecule has 1 aliphatic carbocycles. The number of rotatable bonds is 5. The van der Waals surface area contributed by atoms with Gasteiger partial charge in [-0.25, -0.2) is 0 Å². The molecule has 0 amide bonds. The van der Waals surface area contributed by atoms with Gasteiger partial charge in [-0.1, -0.05) is 44.2 Å². The smallest absolute Gasteiger partial charge is 0.00700 e. The Bertz CT molecular complexity index is 321. The molecule has 0 heterocycles. The summed E-state index contributed by atoms with van der Waals surface area (Å²) in [6.07, 6.45) is 7.90. The van der Waals surface area contributed by atoms with Crippen LogP contribution in [0.2, 0.25) is 0 Å². The fourth-order valence-electron chi connectivity index (χ4n) is 3.18. The molecule has 1 heteroatoms. The van der Waals surface area contributed by atoms with Gasteiger partial charge in [-0.2, -0.15) is 0 Å². The van der Waals surface area contributed by atoms with Gasteiger partial charge >= 0.3 is 0 Å². The molecule has 0 aromatic heterocycles. The average molecular weight is 245 g/mol. The lowest BCUT2D eigenvalue weighted by Gasteiger charge is -2.32. The third-order valence-corrected chi connectivity index (χ3v) is 4.46. The van der Waals surface area contributed by atoms with Crippen molar-refractivity contribution in [2.75, 3.05) is 0 Å². The summed E-state index contributed by atoms with van der Waals surface area (Å²) in [5, 5.41) is 3.83. The minimum Gasteiger partial charge on any atom is -0.311 e. The topological polar surface area (TPSA) is 12.0 Å². The van der Waals surface area contributed by atoms with Crippen LogP contribution in [-0.4, -0.2) is 12.1 Å². The summed E-state index contributed by atoms with van der Waals surface area (Å²) in [5.41, 5.74) is 1.54. The molecule has 1 fully saturated rings.